The van der Waals surface area contributed by atoms with Crippen molar-refractivity contribution in [3.63, 3.8) is 0 Å². The van der Waals surface area contributed by atoms with E-state index >= 15 is 0 Å². The molecule has 1 aromatic carbocycles. The van der Waals surface area contributed by atoms with Crippen LogP contribution < -0.4 is 0 Å². The number of benzene rings is 1. The molecule has 2 rings (SSSR count). The van der Waals surface area contributed by atoms with E-state index in [4.69, 9.17) is 4.74 Å². The van der Waals surface area contributed by atoms with Crippen molar-refractivity contribution in [2.24, 2.45) is 0 Å². The molecule has 1 aliphatic rings. The van der Waals surface area contributed by atoms with Crippen LogP contribution in [0.3, 0.4) is 0 Å². The van der Waals surface area contributed by atoms with Crippen LogP contribution in [0.4, 0.5) is 4.39 Å². The minimum Gasteiger partial charge on any atom is -0.378 e. The summed E-state index contributed by atoms with van der Waals surface area (Å²) >= 11 is 0. The number of nitrogens with zero attached hydrogens (tertiary/aromatic N) is 1. The van der Waals surface area contributed by atoms with Crippen LogP contribution in [0.2, 0.25) is 0 Å². The molecule has 1 fully saturated rings. The van der Waals surface area contributed by atoms with Crippen molar-refractivity contribution >= 4 is 10.0 Å². The maximum absolute atomic E-state index is 12.8. The largest absolute Gasteiger partial charge is 0.378 e. The summed E-state index contributed by atoms with van der Waals surface area (Å²) in [6.45, 7) is 1.23. The Bertz CT molecular complexity index is 539. The van der Waals surface area contributed by atoms with E-state index in [1.54, 1.807) is 7.05 Å². The Morgan fingerprint density at radius 1 is 1.29 bits per heavy atom. The molecule has 0 spiro atoms. The number of halogens is 1. The maximum atomic E-state index is 12.8. The van der Waals surface area contributed by atoms with Gasteiger partial charge in [-0.3, -0.25) is 0 Å². The van der Waals surface area contributed by atoms with Crippen LogP contribution in [0.25, 0.3) is 0 Å². The third-order valence-corrected chi connectivity index (χ3v) is 5.61. The fourth-order valence-corrected chi connectivity index (χ4v) is 3.62. The molecule has 0 N–H and O–H groups in total. The first-order valence-corrected chi connectivity index (χ1v) is 8.88. The summed E-state index contributed by atoms with van der Waals surface area (Å²) in [7, 11) is -1.79. The summed E-state index contributed by atoms with van der Waals surface area (Å²) in [6, 6.07) is 5.57. The minimum absolute atomic E-state index is 0.102. The molecule has 0 aromatic heterocycles. The van der Waals surface area contributed by atoms with Crippen molar-refractivity contribution in [1.82, 2.24) is 4.31 Å². The van der Waals surface area contributed by atoms with Crippen molar-refractivity contribution in [2.45, 2.75) is 37.5 Å². The van der Waals surface area contributed by atoms with E-state index in [1.165, 1.54) is 28.6 Å². The van der Waals surface area contributed by atoms with Crippen LogP contribution in [-0.4, -0.2) is 39.0 Å². The third-order valence-electron chi connectivity index (χ3n) is 3.78. The van der Waals surface area contributed by atoms with Gasteiger partial charge < -0.3 is 4.74 Å². The molecular weight excluding hydrogens is 293 g/mol. The van der Waals surface area contributed by atoms with Crippen molar-refractivity contribution in [3.05, 3.63) is 35.6 Å². The second-order valence-corrected chi connectivity index (χ2v) is 7.56. The highest BCUT2D eigenvalue weighted by molar-refractivity contribution is 7.88. The van der Waals surface area contributed by atoms with Gasteiger partial charge in [-0.1, -0.05) is 12.1 Å². The highest BCUT2D eigenvalue weighted by Gasteiger charge is 2.21. The van der Waals surface area contributed by atoms with E-state index in [2.05, 4.69) is 0 Å². The summed E-state index contributed by atoms with van der Waals surface area (Å²) in [6.07, 6.45) is 4.14. The molecule has 1 aliphatic heterocycles. The number of hydrogen-bond acceptors (Lipinski definition) is 3. The first-order valence-electron chi connectivity index (χ1n) is 7.27. The predicted octanol–water partition coefficient (Wildman–Crippen LogP) is 2.55. The Balaban J connectivity index is 1.87. The monoisotopic (exact) mass is 315 g/mol. The van der Waals surface area contributed by atoms with E-state index in [0.717, 1.165) is 32.3 Å². The van der Waals surface area contributed by atoms with Crippen molar-refractivity contribution in [1.29, 1.82) is 0 Å². The van der Waals surface area contributed by atoms with E-state index in [1.807, 2.05) is 0 Å². The second-order valence-electron chi connectivity index (χ2n) is 5.48. The predicted molar refractivity (Wildman–Crippen MR) is 79.9 cm³/mol. The van der Waals surface area contributed by atoms with Gasteiger partial charge in [0.25, 0.3) is 0 Å². The average Bonchev–Trinajstić information content (AvgIpc) is 2.48. The lowest BCUT2D eigenvalue weighted by molar-refractivity contribution is 0.00950. The van der Waals surface area contributed by atoms with Crippen molar-refractivity contribution in [3.8, 4) is 0 Å². The second kappa shape index (κ2) is 7.33. The summed E-state index contributed by atoms with van der Waals surface area (Å²) in [4.78, 5) is 0. The van der Waals surface area contributed by atoms with Crippen LogP contribution in [0.5, 0.6) is 0 Å². The van der Waals surface area contributed by atoms with Gasteiger partial charge in [0.1, 0.15) is 5.82 Å². The number of sulfonamides is 1. The molecule has 1 unspecified atom stereocenters. The summed E-state index contributed by atoms with van der Waals surface area (Å²) in [5.74, 6) is -0.464. The lowest BCUT2D eigenvalue weighted by Crippen LogP contribution is -2.32. The smallest absolute Gasteiger partial charge is 0.218 e. The molecule has 118 valence electrons. The van der Waals surface area contributed by atoms with Gasteiger partial charge in [0, 0.05) is 20.2 Å². The summed E-state index contributed by atoms with van der Waals surface area (Å²) in [5, 5.41) is 0. The molecule has 21 heavy (non-hydrogen) atoms. The molecule has 1 aromatic rings. The maximum Gasteiger partial charge on any atom is 0.218 e. The van der Waals surface area contributed by atoms with Crippen LogP contribution in [0.15, 0.2) is 24.3 Å². The van der Waals surface area contributed by atoms with Crippen molar-refractivity contribution in [2.75, 3.05) is 20.2 Å². The fourth-order valence-electron chi connectivity index (χ4n) is 2.40. The Morgan fingerprint density at radius 3 is 2.62 bits per heavy atom. The van der Waals surface area contributed by atoms with Gasteiger partial charge in [-0.25, -0.2) is 17.1 Å². The highest BCUT2D eigenvalue weighted by Crippen LogP contribution is 2.17. The first kappa shape index (κ1) is 16.4. The quantitative estimate of drug-likeness (QED) is 0.810. The van der Waals surface area contributed by atoms with Gasteiger partial charge in [0.05, 0.1) is 11.9 Å². The molecule has 1 atom stereocenters. The third kappa shape index (κ3) is 5.05. The van der Waals surface area contributed by atoms with E-state index in [0.29, 0.717) is 12.1 Å². The van der Waals surface area contributed by atoms with Crippen molar-refractivity contribution < 1.29 is 17.5 Å². The first-order chi connectivity index (χ1) is 9.97. The SMILES string of the molecule is CN(CCC1CCCCO1)S(=O)(=O)Cc1ccc(F)cc1. The number of ether oxygens (including phenoxy) is 1. The van der Waals surface area contributed by atoms with Gasteiger partial charge in [0.15, 0.2) is 0 Å². The standard InChI is InChI=1S/C15H22FNO3S/c1-17(10-9-15-4-2-3-11-20-15)21(18,19)12-13-5-7-14(16)8-6-13/h5-8,15H,2-4,9-12H2,1H3. The molecule has 0 aliphatic carbocycles. The molecule has 1 heterocycles. The van der Waals surface area contributed by atoms with Gasteiger partial charge >= 0.3 is 0 Å². The van der Waals surface area contributed by atoms with Gasteiger partial charge in [-0.15, -0.1) is 0 Å². The molecule has 4 nitrogen and oxygen atoms in total. The minimum atomic E-state index is -3.37. The van der Waals surface area contributed by atoms with Gasteiger partial charge in [-0.05, 0) is 43.4 Å². The zero-order valence-corrected chi connectivity index (χ0v) is 13.1. The van der Waals surface area contributed by atoms with E-state index in [-0.39, 0.29) is 17.7 Å². The Morgan fingerprint density at radius 2 is 2.00 bits per heavy atom. The highest BCUT2D eigenvalue weighted by atomic mass is 32.2. The van der Waals surface area contributed by atoms with Crippen LogP contribution >= 0.6 is 0 Å². The zero-order valence-electron chi connectivity index (χ0n) is 12.3. The molecular formula is C15H22FNO3S. The topological polar surface area (TPSA) is 46.6 Å². The number of rotatable bonds is 6. The summed E-state index contributed by atoms with van der Waals surface area (Å²) < 4.78 is 44.3. The van der Waals surface area contributed by atoms with Gasteiger partial charge in [0.2, 0.25) is 10.0 Å². The Labute approximate surface area is 126 Å². The fraction of sp³-hybridized carbons (Fsp3) is 0.600. The Hall–Kier alpha value is -0.980. The lowest BCUT2D eigenvalue weighted by atomic mass is 10.1. The molecule has 0 amide bonds. The number of hydrogen-bond donors (Lipinski definition) is 0. The average molecular weight is 315 g/mol. The van der Waals surface area contributed by atoms with Crippen LogP contribution in [-0.2, 0) is 20.5 Å². The molecule has 0 saturated carbocycles. The summed E-state index contributed by atoms with van der Waals surface area (Å²) in [5.41, 5.74) is 0.595. The zero-order chi connectivity index (χ0) is 15.3. The molecule has 1 saturated heterocycles. The van der Waals surface area contributed by atoms with Gasteiger partial charge in [-0.2, -0.15) is 0 Å². The van der Waals surface area contributed by atoms with Crippen LogP contribution in [0, 0.1) is 5.82 Å². The molecule has 6 heteroatoms. The normalized spacial score (nSPS) is 19.9. The molecule has 0 bridgehead atoms. The molecule has 0 radical (unpaired) electrons. The van der Waals surface area contributed by atoms with E-state index < -0.39 is 10.0 Å². The van der Waals surface area contributed by atoms with E-state index in [9.17, 15) is 12.8 Å². The van der Waals surface area contributed by atoms with Crippen LogP contribution in [0.1, 0.15) is 31.2 Å². The Kier molecular flexibility index (Phi) is 5.72. The lowest BCUT2D eigenvalue weighted by Gasteiger charge is -2.25.